The number of likely N-dealkylation sites (N-methyl/N-ethyl adjacent to an activating group) is 1. The van der Waals surface area contributed by atoms with Crippen LogP contribution in [0.5, 0.6) is 11.5 Å². The number of nitrogens with zero attached hydrogens (tertiary/aromatic N) is 2. The van der Waals surface area contributed by atoms with Crippen LogP contribution in [0.1, 0.15) is 36.0 Å². The minimum absolute atomic E-state index is 0.107. The predicted octanol–water partition coefficient (Wildman–Crippen LogP) is 4.03. The monoisotopic (exact) mass is 418 g/mol. The maximum absolute atomic E-state index is 11.5. The zero-order valence-electron chi connectivity index (χ0n) is 18.3. The fraction of sp³-hybridized carbons (Fsp3) is 0.500. The number of methoxy groups -OCH3 is 1. The number of ether oxygens (including phenoxy) is 2. The number of likely N-dealkylation sites (tertiary alicyclic amines) is 1. The molecule has 3 aliphatic rings. The lowest BCUT2D eigenvalue weighted by molar-refractivity contribution is -0.0804. The molecule has 0 aromatic heterocycles. The van der Waals surface area contributed by atoms with Gasteiger partial charge in [-0.25, -0.2) is 0 Å². The fourth-order valence-electron chi connectivity index (χ4n) is 6.64. The number of fused-ring (bicyclic) bond motifs is 1. The molecule has 0 radical (unpaired) electrons. The first-order valence-corrected chi connectivity index (χ1v) is 11.2. The Balaban J connectivity index is 1.60. The highest BCUT2D eigenvalue weighted by Gasteiger charge is 2.61. The SMILES string of the molecule is COC1CCC2C3Cc4ccc(OCc5ccccc5)c(O)c4C2(CCN3C)[C@H]1C#N. The summed E-state index contributed by atoms with van der Waals surface area (Å²) in [6.07, 6.45) is 3.56. The van der Waals surface area contributed by atoms with Crippen LogP contribution in [0.15, 0.2) is 42.5 Å². The van der Waals surface area contributed by atoms with Gasteiger partial charge in [-0.05, 0) is 62.4 Å². The van der Waals surface area contributed by atoms with E-state index in [0.717, 1.165) is 48.9 Å². The number of hydrogen-bond acceptors (Lipinski definition) is 5. The second-order valence-corrected chi connectivity index (χ2v) is 9.33. The van der Waals surface area contributed by atoms with Crippen LogP contribution in [-0.2, 0) is 23.2 Å². The lowest BCUT2D eigenvalue weighted by Crippen LogP contribution is -2.65. The van der Waals surface area contributed by atoms with E-state index in [1.54, 1.807) is 7.11 Å². The van der Waals surface area contributed by atoms with Crippen LogP contribution in [0.25, 0.3) is 0 Å². The molecule has 31 heavy (non-hydrogen) atoms. The summed E-state index contributed by atoms with van der Waals surface area (Å²) in [6.45, 7) is 1.32. The standard InChI is InChI=1S/C26H30N2O3/c1-28-13-12-26-19(9-11-22(30-2)20(26)15-27)21(28)14-18-8-10-23(25(29)24(18)26)31-16-17-6-4-3-5-7-17/h3-8,10,19-22,29H,9,11-14,16H2,1-2H3/t19?,20-,21?,22?,26?/m0/s1. The van der Waals surface area contributed by atoms with Gasteiger partial charge in [-0.2, -0.15) is 5.26 Å². The average Bonchev–Trinajstić information content (AvgIpc) is 2.80. The molecule has 2 bridgehead atoms. The van der Waals surface area contributed by atoms with Crippen molar-refractivity contribution in [1.29, 1.82) is 5.26 Å². The summed E-state index contributed by atoms with van der Waals surface area (Å²) in [5.41, 5.74) is 2.76. The van der Waals surface area contributed by atoms with Gasteiger partial charge in [0.25, 0.3) is 0 Å². The molecule has 1 saturated heterocycles. The molecule has 1 heterocycles. The minimum atomic E-state index is -0.394. The van der Waals surface area contributed by atoms with E-state index in [1.165, 1.54) is 0 Å². The molecule has 1 N–H and O–H groups in total. The molecule has 5 nitrogen and oxygen atoms in total. The third kappa shape index (κ3) is 3.04. The maximum Gasteiger partial charge on any atom is 0.161 e. The average molecular weight is 419 g/mol. The van der Waals surface area contributed by atoms with Gasteiger partial charge in [-0.15, -0.1) is 0 Å². The summed E-state index contributed by atoms with van der Waals surface area (Å²) >= 11 is 0. The Kier molecular flexibility index (Phi) is 5.16. The number of phenols is 1. The Bertz CT molecular complexity index is 1000. The van der Waals surface area contributed by atoms with Crippen molar-refractivity contribution in [2.75, 3.05) is 20.7 Å². The third-order valence-electron chi connectivity index (χ3n) is 8.06. The van der Waals surface area contributed by atoms with Gasteiger partial charge in [0, 0.05) is 24.1 Å². The van der Waals surface area contributed by atoms with E-state index in [1.807, 2.05) is 36.4 Å². The normalized spacial score (nSPS) is 31.9. The van der Waals surface area contributed by atoms with Crippen LogP contribution in [0.2, 0.25) is 0 Å². The van der Waals surface area contributed by atoms with Crippen molar-refractivity contribution in [3.63, 3.8) is 0 Å². The van der Waals surface area contributed by atoms with Crippen molar-refractivity contribution in [3.05, 3.63) is 59.2 Å². The van der Waals surface area contributed by atoms with Crippen LogP contribution in [0.3, 0.4) is 0 Å². The zero-order chi connectivity index (χ0) is 21.6. The highest BCUT2D eigenvalue weighted by molar-refractivity contribution is 5.57. The summed E-state index contributed by atoms with van der Waals surface area (Å²) in [4.78, 5) is 2.45. The Morgan fingerprint density at radius 1 is 1.19 bits per heavy atom. The van der Waals surface area contributed by atoms with E-state index in [2.05, 4.69) is 24.1 Å². The van der Waals surface area contributed by atoms with Crippen LogP contribution < -0.4 is 4.74 Å². The second kappa shape index (κ2) is 7.85. The lowest BCUT2D eigenvalue weighted by Gasteiger charge is -2.61. The quantitative estimate of drug-likeness (QED) is 0.812. The molecular formula is C26H30N2O3. The molecule has 0 spiro atoms. The van der Waals surface area contributed by atoms with E-state index in [-0.39, 0.29) is 17.8 Å². The maximum atomic E-state index is 11.5. The molecule has 5 heteroatoms. The molecule has 2 fully saturated rings. The fourth-order valence-corrected chi connectivity index (χ4v) is 6.64. The summed E-state index contributed by atoms with van der Waals surface area (Å²) in [5.74, 6) is 0.787. The molecule has 5 atom stereocenters. The van der Waals surface area contributed by atoms with Crippen LogP contribution in [0, 0.1) is 23.2 Å². The highest BCUT2D eigenvalue weighted by Crippen LogP contribution is 2.61. The van der Waals surface area contributed by atoms with Gasteiger partial charge in [0.05, 0.1) is 18.1 Å². The van der Waals surface area contributed by atoms with Crippen molar-refractivity contribution in [2.45, 2.75) is 49.9 Å². The van der Waals surface area contributed by atoms with Gasteiger partial charge in [0.2, 0.25) is 0 Å². The van der Waals surface area contributed by atoms with Crippen LogP contribution >= 0.6 is 0 Å². The second-order valence-electron chi connectivity index (χ2n) is 9.33. The Morgan fingerprint density at radius 3 is 2.74 bits per heavy atom. The van der Waals surface area contributed by atoms with Crippen molar-refractivity contribution in [2.24, 2.45) is 11.8 Å². The van der Waals surface area contributed by atoms with Crippen molar-refractivity contribution < 1.29 is 14.6 Å². The van der Waals surface area contributed by atoms with E-state index in [4.69, 9.17) is 9.47 Å². The summed E-state index contributed by atoms with van der Waals surface area (Å²) in [5, 5.41) is 21.8. The van der Waals surface area contributed by atoms with Gasteiger partial charge in [-0.3, -0.25) is 0 Å². The largest absolute Gasteiger partial charge is 0.504 e. The molecular weight excluding hydrogens is 388 g/mol. The molecule has 162 valence electrons. The number of benzene rings is 2. The smallest absolute Gasteiger partial charge is 0.161 e. The van der Waals surface area contributed by atoms with E-state index in [0.29, 0.717) is 24.3 Å². The number of phenolic OH excluding ortho intramolecular Hbond substituents is 1. The van der Waals surface area contributed by atoms with Crippen molar-refractivity contribution >= 4 is 0 Å². The van der Waals surface area contributed by atoms with Gasteiger partial charge in [0.1, 0.15) is 6.61 Å². The highest BCUT2D eigenvalue weighted by atomic mass is 16.5. The number of nitriles is 1. The number of aromatic hydroxyl groups is 1. The van der Waals surface area contributed by atoms with Gasteiger partial charge >= 0.3 is 0 Å². The number of hydrogen-bond donors (Lipinski definition) is 1. The molecule has 0 amide bonds. The zero-order valence-corrected chi connectivity index (χ0v) is 18.3. The molecule has 1 saturated carbocycles. The molecule has 5 rings (SSSR count). The van der Waals surface area contributed by atoms with Crippen LogP contribution in [-0.4, -0.2) is 42.9 Å². The first kappa shape index (κ1) is 20.4. The summed E-state index contributed by atoms with van der Waals surface area (Å²) in [6, 6.07) is 17.0. The molecule has 2 aromatic carbocycles. The van der Waals surface area contributed by atoms with Gasteiger partial charge < -0.3 is 19.5 Å². The van der Waals surface area contributed by atoms with Gasteiger partial charge in [0.15, 0.2) is 11.5 Å². The summed E-state index contributed by atoms with van der Waals surface area (Å²) < 4.78 is 11.9. The van der Waals surface area contributed by atoms with E-state index >= 15 is 0 Å². The Labute approximate surface area is 184 Å². The topological polar surface area (TPSA) is 65.7 Å². The van der Waals surface area contributed by atoms with E-state index < -0.39 is 5.41 Å². The molecule has 2 aromatic rings. The first-order chi connectivity index (χ1) is 15.1. The molecule has 4 unspecified atom stereocenters. The first-order valence-electron chi connectivity index (χ1n) is 11.2. The Morgan fingerprint density at radius 2 is 2.00 bits per heavy atom. The van der Waals surface area contributed by atoms with Crippen LogP contribution in [0.4, 0.5) is 0 Å². The number of rotatable bonds is 4. The number of piperidine rings is 1. The third-order valence-corrected chi connectivity index (χ3v) is 8.06. The minimum Gasteiger partial charge on any atom is -0.504 e. The van der Waals surface area contributed by atoms with Crippen molar-refractivity contribution in [1.82, 2.24) is 4.90 Å². The molecule has 2 aliphatic carbocycles. The lowest BCUT2D eigenvalue weighted by atomic mass is 9.48. The molecule has 1 aliphatic heterocycles. The predicted molar refractivity (Wildman–Crippen MR) is 118 cm³/mol. The summed E-state index contributed by atoms with van der Waals surface area (Å²) in [7, 11) is 3.90. The Hall–Kier alpha value is -2.55. The van der Waals surface area contributed by atoms with E-state index in [9.17, 15) is 10.4 Å². The van der Waals surface area contributed by atoms with Gasteiger partial charge in [-0.1, -0.05) is 36.4 Å². The van der Waals surface area contributed by atoms with Crippen molar-refractivity contribution in [3.8, 4) is 17.6 Å².